The van der Waals surface area contributed by atoms with E-state index in [1.54, 1.807) is 12.4 Å². The van der Waals surface area contributed by atoms with Crippen LogP contribution in [0.4, 0.5) is 0 Å². The van der Waals surface area contributed by atoms with Crippen LogP contribution in [0.5, 0.6) is 0 Å². The summed E-state index contributed by atoms with van der Waals surface area (Å²) < 4.78 is 0. The highest BCUT2D eigenvalue weighted by atomic mass is 16.2. The second-order valence-corrected chi connectivity index (χ2v) is 7.22. The minimum Gasteiger partial charge on any atom is -0.343 e. The zero-order valence-corrected chi connectivity index (χ0v) is 15.3. The number of pyridine rings is 1. The predicted molar refractivity (Wildman–Crippen MR) is 96.0 cm³/mol. The van der Waals surface area contributed by atoms with Crippen molar-refractivity contribution < 1.29 is 9.59 Å². The van der Waals surface area contributed by atoms with E-state index in [4.69, 9.17) is 0 Å². The lowest BCUT2D eigenvalue weighted by molar-refractivity contribution is -0.136. The van der Waals surface area contributed by atoms with E-state index in [9.17, 15) is 9.59 Å². The van der Waals surface area contributed by atoms with Crippen molar-refractivity contribution in [3.63, 3.8) is 0 Å². The van der Waals surface area contributed by atoms with Crippen molar-refractivity contribution in [1.82, 2.24) is 19.7 Å². The van der Waals surface area contributed by atoms with Gasteiger partial charge in [0.1, 0.15) is 0 Å². The van der Waals surface area contributed by atoms with Gasteiger partial charge in [0, 0.05) is 57.1 Å². The Morgan fingerprint density at radius 3 is 2.84 bits per heavy atom. The van der Waals surface area contributed by atoms with Crippen LogP contribution in [0.25, 0.3) is 0 Å². The van der Waals surface area contributed by atoms with E-state index in [1.807, 2.05) is 28.9 Å². The molecule has 2 saturated heterocycles. The summed E-state index contributed by atoms with van der Waals surface area (Å²) in [7, 11) is 2.13. The Labute approximate surface area is 149 Å². The van der Waals surface area contributed by atoms with Gasteiger partial charge >= 0.3 is 0 Å². The maximum Gasteiger partial charge on any atom is 0.227 e. The van der Waals surface area contributed by atoms with Crippen molar-refractivity contribution >= 4 is 11.8 Å². The number of amides is 2. The number of nitrogens with zero attached hydrogens (tertiary/aromatic N) is 4. The molecule has 6 nitrogen and oxygen atoms in total. The number of carbonyl (C=O) groups is 2. The summed E-state index contributed by atoms with van der Waals surface area (Å²) in [5.74, 6) is 0.398. The van der Waals surface area contributed by atoms with Gasteiger partial charge in [-0.3, -0.25) is 19.5 Å². The van der Waals surface area contributed by atoms with Crippen molar-refractivity contribution in [3.05, 3.63) is 30.1 Å². The summed E-state index contributed by atoms with van der Waals surface area (Å²) in [5.41, 5.74) is 0.872. The molecule has 0 aromatic carbocycles. The Morgan fingerprint density at radius 2 is 2.12 bits per heavy atom. The summed E-state index contributed by atoms with van der Waals surface area (Å²) in [6.45, 7) is 5.91. The highest BCUT2D eigenvalue weighted by Gasteiger charge is 2.43. The second kappa shape index (κ2) is 7.52. The second-order valence-electron chi connectivity index (χ2n) is 7.22. The fourth-order valence-corrected chi connectivity index (χ4v) is 4.03. The van der Waals surface area contributed by atoms with Crippen molar-refractivity contribution in [1.29, 1.82) is 0 Å². The Morgan fingerprint density at radius 1 is 1.28 bits per heavy atom. The minimum atomic E-state index is -0.0809. The molecule has 2 aliphatic heterocycles. The smallest absolute Gasteiger partial charge is 0.227 e. The molecule has 25 heavy (non-hydrogen) atoms. The number of piperazine rings is 1. The molecular formula is C19H28N4O2. The fraction of sp³-hybridized carbons (Fsp3) is 0.632. The van der Waals surface area contributed by atoms with Crippen LogP contribution in [0.2, 0.25) is 0 Å². The van der Waals surface area contributed by atoms with E-state index in [0.717, 1.165) is 44.6 Å². The largest absolute Gasteiger partial charge is 0.343 e. The van der Waals surface area contributed by atoms with Crippen LogP contribution < -0.4 is 0 Å². The Bertz CT molecular complexity index is 621. The molecule has 2 aliphatic rings. The van der Waals surface area contributed by atoms with Gasteiger partial charge in [0.2, 0.25) is 11.8 Å². The molecule has 6 heteroatoms. The van der Waals surface area contributed by atoms with E-state index < -0.39 is 0 Å². The van der Waals surface area contributed by atoms with E-state index in [2.05, 4.69) is 16.9 Å². The first-order valence-corrected chi connectivity index (χ1v) is 9.20. The van der Waals surface area contributed by atoms with Gasteiger partial charge in [-0.25, -0.2) is 0 Å². The maximum atomic E-state index is 12.8. The number of likely N-dealkylation sites (N-methyl/N-ethyl adjacent to an activating group) is 1. The third-order valence-corrected chi connectivity index (χ3v) is 5.82. The molecule has 1 atom stereocenters. The molecule has 0 saturated carbocycles. The van der Waals surface area contributed by atoms with Gasteiger partial charge in [-0.15, -0.1) is 0 Å². The number of likely N-dealkylation sites (tertiary alicyclic amines) is 1. The molecule has 3 rings (SSSR count). The van der Waals surface area contributed by atoms with Gasteiger partial charge in [-0.1, -0.05) is 6.07 Å². The molecule has 1 aromatic heterocycles. The van der Waals surface area contributed by atoms with Gasteiger partial charge in [0.25, 0.3) is 0 Å². The Kier molecular flexibility index (Phi) is 5.37. The molecule has 2 amide bonds. The number of hydrogen-bond donors (Lipinski definition) is 0. The van der Waals surface area contributed by atoms with Gasteiger partial charge < -0.3 is 9.80 Å². The zero-order chi connectivity index (χ0) is 17.9. The average molecular weight is 344 g/mol. The lowest BCUT2D eigenvalue weighted by Gasteiger charge is -2.49. The first kappa shape index (κ1) is 17.9. The van der Waals surface area contributed by atoms with E-state index >= 15 is 0 Å². The maximum absolute atomic E-state index is 12.8. The molecule has 0 radical (unpaired) electrons. The van der Waals surface area contributed by atoms with Crippen LogP contribution in [0.15, 0.2) is 24.5 Å². The molecule has 0 aliphatic carbocycles. The molecule has 0 N–H and O–H groups in total. The van der Waals surface area contributed by atoms with E-state index in [0.29, 0.717) is 19.4 Å². The Hall–Kier alpha value is -1.95. The van der Waals surface area contributed by atoms with Crippen molar-refractivity contribution in [2.45, 2.75) is 38.1 Å². The molecule has 1 aromatic rings. The molecule has 1 spiro atoms. The third kappa shape index (κ3) is 3.84. The lowest BCUT2D eigenvalue weighted by atomic mass is 9.86. The van der Waals surface area contributed by atoms with Gasteiger partial charge in [-0.05, 0) is 38.4 Å². The number of rotatable bonds is 3. The van der Waals surface area contributed by atoms with Crippen molar-refractivity contribution in [2.75, 3.05) is 39.8 Å². The van der Waals surface area contributed by atoms with Crippen LogP contribution in [0.3, 0.4) is 0 Å². The highest BCUT2D eigenvalue weighted by molar-refractivity contribution is 5.79. The SMILES string of the molecule is CCN1CC[C@@]2(CCC1=O)CN(C(=O)Cc1cccnc1)CCN2C. The topological polar surface area (TPSA) is 56.8 Å². The normalized spacial score (nSPS) is 25.3. The summed E-state index contributed by atoms with van der Waals surface area (Å²) in [6, 6.07) is 3.81. The summed E-state index contributed by atoms with van der Waals surface area (Å²) in [4.78, 5) is 35.4. The number of aromatic nitrogens is 1. The van der Waals surface area contributed by atoms with Crippen molar-refractivity contribution in [2.24, 2.45) is 0 Å². The molecule has 3 heterocycles. The van der Waals surface area contributed by atoms with Gasteiger partial charge in [0.05, 0.1) is 6.42 Å². The minimum absolute atomic E-state index is 0.0809. The number of hydrogen-bond acceptors (Lipinski definition) is 4. The first-order valence-electron chi connectivity index (χ1n) is 9.20. The van der Waals surface area contributed by atoms with Gasteiger partial charge in [-0.2, -0.15) is 0 Å². The zero-order valence-electron chi connectivity index (χ0n) is 15.3. The first-order chi connectivity index (χ1) is 12.0. The van der Waals surface area contributed by atoms with Crippen LogP contribution in [-0.4, -0.2) is 76.8 Å². The van der Waals surface area contributed by atoms with Crippen LogP contribution in [0.1, 0.15) is 31.7 Å². The molecule has 0 unspecified atom stereocenters. The van der Waals surface area contributed by atoms with Crippen LogP contribution in [0, 0.1) is 0 Å². The highest BCUT2D eigenvalue weighted by Crippen LogP contribution is 2.32. The third-order valence-electron chi connectivity index (χ3n) is 5.82. The Balaban J connectivity index is 1.70. The molecular weight excluding hydrogens is 316 g/mol. The summed E-state index contributed by atoms with van der Waals surface area (Å²) in [5, 5.41) is 0. The number of carbonyl (C=O) groups excluding carboxylic acids is 2. The monoisotopic (exact) mass is 344 g/mol. The van der Waals surface area contributed by atoms with Crippen LogP contribution >= 0.6 is 0 Å². The standard InChI is InChI=1S/C19H28N4O2/c1-3-22-10-8-19(7-6-17(22)24)15-23(12-11-21(19)2)18(25)13-16-5-4-9-20-14-16/h4-5,9,14H,3,6-8,10-13,15H2,1-2H3/t19-/m0/s1. The lowest BCUT2D eigenvalue weighted by Crippen LogP contribution is -2.62. The van der Waals surface area contributed by atoms with Crippen LogP contribution in [-0.2, 0) is 16.0 Å². The summed E-state index contributed by atoms with van der Waals surface area (Å²) in [6.07, 6.45) is 6.21. The molecule has 2 fully saturated rings. The average Bonchev–Trinajstić information content (AvgIpc) is 2.78. The van der Waals surface area contributed by atoms with E-state index in [-0.39, 0.29) is 17.4 Å². The van der Waals surface area contributed by atoms with E-state index in [1.165, 1.54) is 0 Å². The summed E-state index contributed by atoms with van der Waals surface area (Å²) >= 11 is 0. The fourth-order valence-electron chi connectivity index (χ4n) is 4.03. The predicted octanol–water partition coefficient (Wildman–Crippen LogP) is 1.17. The molecule has 0 bridgehead atoms. The molecule has 136 valence electrons. The van der Waals surface area contributed by atoms with Gasteiger partial charge in [0.15, 0.2) is 0 Å². The quantitative estimate of drug-likeness (QED) is 0.826. The van der Waals surface area contributed by atoms with Crippen molar-refractivity contribution in [3.8, 4) is 0 Å².